The first-order valence-electron chi connectivity index (χ1n) is 4.90. The average molecular weight is 348 g/mol. The molecule has 0 aliphatic carbocycles. The number of hydrogen-bond donors (Lipinski definition) is 0. The lowest BCUT2D eigenvalue weighted by Crippen LogP contribution is -1.96. The molecule has 0 spiro atoms. The number of hydrogen-bond acceptors (Lipinski definition) is 4. The fraction of sp³-hybridized carbons (Fsp3) is 0. The largest absolute Gasteiger partial charge is 0.430 e. The van der Waals surface area contributed by atoms with Crippen LogP contribution in [-0.2, 0) is 0 Å². The highest BCUT2D eigenvalue weighted by Crippen LogP contribution is 2.34. The van der Waals surface area contributed by atoms with Crippen LogP contribution < -0.4 is 4.74 Å². The monoisotopic (exact) mass is 346 g/mol. The number of nitro benzene ring substituents is 1. The molecule has 1 aromatic heterocycles. The molecule has 2 rings (SSSR count). The molecule has 1 heterocycles. The average Bonchev–Trinajstić information content (AvgIpc) is 2.32. The highest BCUT2D eigenvalue weighted by molar-refractivity contribution is 9.10. The predicted octanol–water partition coefficient (Wildman–Crippen LogP) is 4.34. The normalized spacial score (nSPS) is 10.3. The van der Waals surface area contributed by atoms with Gasteiger partial charge in [0, 0.05) is 22.8 Å². The molecule has 2 aromatic rings. The Hall–Kier alpha value is -1.73. The Labute approximate surface area is 120 Å². The SMILES string of the molecule is O=[N+]([O-])c1ccc(F)cc1Oc1ncc(Br)cc1Cl. The Balaban J connectivity index is 2.42. The van der Waals surface area contributed by atoms with Gasteiger partial charge in [-0.15, -0.1) is 0 Å². The highest BCUT2D eigenvalue weighted by Gasteiger charge is 2.18. The molecule has 0 bridgehead atoms. The van der Waals surface area contributed by atoms with E-state index in [1.54, 1.807) is 0 Å². The first-order chi connectivity index (χ1) is 8.97. The van der Waals surface area contributed by atoms with Crippen molar-refractivity contribution in [3.63, 3.8) is 0 Å². The zero-order valence-electron chi connectivity index (χ0n) is 9.14. The third-order valence-electron chi connectivity index (χ3n) is 2.10. The van der Waals surface area contributed by atoms with Gasteiger partial charge in [0.1, 0.15) is 10.8 Å². The third-order valence-corrected chi connectivity index (χ3v) is 2.80. The molecule has 5 nitrogen and oxygen atoms in total. The summed E-state index contributed by atoms with van der Waals surface area (Å²) in [7, 11) is 0. The van der Waals surface area contributed by atoms with Crippen LogP contribution in [-0.4, -0.2) is 9.91 Å². The highest BCUT2D eigenvalue weighted by atomic mass is 79.9. The number of nitrogens with zero attached hydrogens (tertiary/aromatic N) is 2. The summed E-state index contributed by atoms with van der Waals surface area (Å²) in [5.74, 6) is -0.964. The fourth-order valence-corrected chi connectivity index (χ4v) is 1.97. The third kappa shape index (κ3) is 3.18. The summed E-state index contributed by atoms with van der Waals surface area (Å²) in [6, 6.07) is 4.40. The molecule has 1 aromatic carbocycles. The molecule has 0 atom stereocenters. The van der Waals surface area contributed by atoms with Crippen molar-refractivity contribution in [2.75, 3.05) is 0 Å². The number of rotatable bonds is 3. The topological polar surface area (TPSA) is 65.3 Å². The molecule has 0 radical (unpaired) electrons. The van der Waals surface area contributed by atoms with Crippen molar-refractivity contribution < 1.29 is 14.1 Å². The second-order valence-corrected chi connectivity index (χ2v) is 4.73. The Morgan fingerprint density at radius 1 is 1.42 bits per heavy atom. The summed E-state index contributed by atoms with van der Waals surface area (Å²) in [5.41, 5.74) is -0.373. The van der Waals surface area contributed by atoms with E-state index < -0.39 is 10.7 Å². The van der Waals surface area contributed by atoms with E-state index >= 15 is 0 Å². The van der Waals surface area contributed by atoms with E-state index in [9.17, 15) is 14.5 Å². The molecule has 0 N–H and O–H groups in total. The molecule has 0 fully saturated rings. The van der Waals surface area contributed by atoms with Crippen LogP contribution in [0.2, 0.25) is 5.02 Å². The summed E-state index contributed by atoms with van der Waals surface area (Å²) in [5, 5.41) is 11.0. The van der Waals surface area contributed by atoms with Crippen molar-refractivity contribution >= 4 is 33.2 Å². The lowest BCUT2D eigenvalue weighted by Gasteiger charge is -2.07. The van der Waals surface area contributed by atoms with Crippen molar-refractivity contribution in [3.05, 3.63) is 55.9 Å². The van der Waals surface area contributed by atoms with Crippen LogP contribution in [0.4, 0.5) is 10.1 Å². The van der Waals surface area contributed by atoms with E-state index in [4.69, 9.17) is 16.3 Å². The van der Waals surface area contributed by atoms with Gasteiger partial charge in [0.15, 0.2) is 0 Å². The van der Waals surface area contributed by atoms with E-state index in [0.29, 0.717) is 4.47 Å². The molecule has 19 heavy (non-hydrogen) atoms. The number of nitro groups is 1. The maximum Gasteiger partial charge on any atom is 0.311 e. The standard InChI is InChI=1S/C11H5BrClFN2O3/c12-6-3-8(13)11(15-5-6)19-10-4-7(14)1-2-9(10)16(17)18/h1-5H. The maximum atomic E-state index is 13.1. The molecule has 0 saturated heterocycles. The first-order valence-corrected chi connectivity index (χ1v) is 6.07. The smallest absolute Gasteiger partial charge is 0.311 e. The zero-order valence-corrected chi connectivity index (χ0v) is 11.5. The molecule has 8 heteroatoms. The van der Waals surface area contributed by atoms with Gasteiger partial charge in [-0.2, -0.15) is 0 Å². The van der Waals surface area contributed by atoms with Crippen LogP contribution in [0, 0.1) is 15.9 Å². The van der Waals surface area contributed by atoms with Crippen molar-refractivity contribution in [2.45, 2.75) is 0 Å². The van der Waals surface area contributed by atoms with Crippen LogP contribution in [0.1, 0.15) is 0 Å². The van der Waals surface area contributed by atoms with E-state index in [1.165, 1.54) is 12.3 Å². The molecule has 0 unspecified atom stereocenters. The summed E-state index contributed by atoms with van der Waals surface area (Å²) < 4.78 is 18.9. The second-order valence-electron chi connectivity index (χ2n) is 3.41. The van der Waals surface area contributed by atoms with Gasteiger partial charge in [-0.25, -0.2) is 9.37 Å². The van der Waals surface area contributed by atoms with Crippen molar-refractivity contribution in [1.82, 2.24) is 4.98 Å². The Kier molecular flexibility index (Phi) is 3.96. The van der Waals surface area contributed by atoms with E-state index in [2.05, 4.69) is 20.9 Å². The number of ether oxygens (including phenoxy) is 1. The van der Waals surface area contributed by atoms with Gasteiger partial charge in [-0.3, -0.25) is 10.1 Å². The zero-order chi connectivity index (χ0) is 14.0. The molecule has 0 aliphatic rings. The summed E-state index contributed by atoms with van der Waals surface area (Å²) in [6.45, 7) is 0. The minimum Gasteiger partial charge on any atom is -0.430 e. The van der Waals surface area contributed by atoms with Gasteiger partial charge in [-0.05, 0) is 28.1 Å². The summed E-state index contributed by atoms with van der Waals surface area (Å²) in [6.07, 6.45) is 1.41. The Morgan fingerprint density at radius 2 is 2.16 bits per heavy atom. The van der Waals surface area contributed by atoms with Crippen LogP contribution in [0.15, 0.2) is 34.9 Å². The molecule has 0 aliphatic heterocycles. The lowest BCUT2D eigenvalue weighted by atomic mass is 10.3. The molecular weight excluding hydrogens is 342 g/mol. The van der Waals surface area contributed by atoms with Gasteiger partial charge in [-0.1, -0.05) is 11.6 Å². The number of aromatic nitrogens is 1. The van der Waals surface area contributed by atoms with Gasteiger partial charge < -0.3 is 4.74 Å². The van der Waals surface area contributed by atoms with Crippen LogP contribution in [0.5, 0.6) is 11.6 Å². The van der Waals surface area contributed by atoms with Gasteiger partial charge in [0.25, 0.3) is 0 Å². The van der Waals surface area contributed by atoms with E-state index in [-0.39, 0.29) is 22.3 Å². The van der Waals surface area contributed by atoms with Crippen molar-refractivity contribution in [1.29, 1.82) is 0 Å². The number of halogens is 3. The van der Waals surface area contributed by atoms with Crippen molar-refractivity contribution in [2.24, 2.45) is 0 Å². The van der Waals surface area contributed by atoms with Crippen LogP contribution >= 0.6 is 27.5 Å². The van der Waals surface area contributed by atoms with Crippen LogP contribution in [0.3, 0.4) is 0 Å². The predicted molar refractivity (Wildman–Crippen MR) is 70.1 cm³/mol. The minimum absolute atomic E-state index is 0.0430. The summed E-state index contributed by atoms with van der Waals surface area (Å²) >= 11 is 9.03. The van der Waals surface area contributed by atoms with Gasteiger partial charge in [0.05, 0.1) is 4.92 Å². The lowest BCUT2D eigenvalue weighted by molar-refractivity contribution is -0.385. The second kappa shape index (κ2) is 5.50. The van der Waals surface area contributed by atoms with Gasteiger partial charge >= 0.3 is 5.69 Å². The molecule has 98 valence electrons. The molecule has 0 saturated carbocycles. The first kappa shape index (κ1) is 13.7. The summed E-state index contributed by atoms with van der Waals surface area (Å²) in [4.78, 5) is 14.0. The van der Waals surface area contributed by atoms with Gasteiger partial charge in [0.2, 0.25) is 11.6 Å². The van der Waals surface area contributed by atoms with Crippen LogP contribution in [0.25, 0.3) is 0 Å². The maximum absolute atomic E-state index is 13.1. The quantitative estimate of drug-likeness (QED) is 0.612. The van der Waals surface area contributed by atoms with E-state index in [0.717, 1.165) is 18.2 Å². The van der Waals surface area contributed by atoms with E-state index in [1.807, 2.05) is 0 Å². The number of pyridine rings is 1. The Bertz CT molecular complexity index is 654. The minimum atomic E-state index is -0.679. The molecular formula is C11H5BrClFN2O3. The molecule has 0 amide bonds. The Morgan fingerprint density at radius 3 is 2.79 bits per heavy atom. The van der Waals surface area contributed by atoms with Crippen molar-refractivity contribution in [3.8, 4) is 11.6 Å². The fourth-order valence-electron chi connectivity index (χ4n) is 1.30. The number of benzene rings is 1.